The van der Waals surface area contributed by atoms with E-state index in [9.17, 15) is 9.59 Å². The highest BCUT2D eigenvalue weighted by Gasteiger charge is 2.13. The van der Waals surface area contributed by atoms with E-state index in [4.69, 9.17) is 4.74 Å². The first-order valence-electron chi connectivity index (χ1n) is 4.99. The van der Waals surface area contributed by atoms with Crippen LogP contribution in [0.5, 0.6) is 0 Å². The summed E-state index contributed by atoms with van der Waals surface area (Å²) in [6.45, 7) is 4.17. The van der Waals surface area contributed by atoms with Crippen molar-refractivity contribution in [2.45, 2.75) is 26.7 Å². The average molecular weight is 226 g/mol. The number of carbonyl (C=O) groups excluding carboxylic acids is 2. The number of hydrogen-bond donors (Lipinski definition) is 0. The molecule has 0 aromatic carbocycles. The van der Waals surface area contributed by atoms with Gasteiger partial charge in [0.05, 0.1) is 11.5 Å². The number of ketones is 1. The molecule has 4 heteroatoms. The minimum Gasteiger partial charge on any atom is -0.462 e. The van der Waals surface area contributed by atoms with Gasteiger partial charge in [-0.3, -0.25) is 4.79 Å². The van der Waals surface area contributed by atoms with Crippen molar-refractivity contribution < 1.29 is 14.3 Å². The maximum absolute atomic E-state index is 11.4. The predicted molar refractivity (Wildman–Crippen MR) is 59.5 cm³/mol. The normalized spacial score (nSPS) is 10.0. The zero-order valence-corrected chi connectivity index (χ0v) is 9.73. The molecule has 0 amide bonds. The molecule has 0 atom stereocenters. The molecular formula is C11H14O3S. The monoisotopic (exact) mass is 226 g/mol. The van der Waals surface area contributed by atoms with Crippen LogP contribution in [0.3, 0.4) is 0 Å². The summed E-state index contributed by atoms with van der Waals surface area (Å²) in [4.78, 5) is 23.9. The van der Waals surface area contributed by atoms with Crippen molar-refractivity contribution in [3.05, 3.63) is 21.9 Å². The third kappa shape index (κ3) is 3.16. The van der Waals surface area contributed by atoms with E-state index in [0.29, 0.717) is 22.8 Å². The van der Waals surface area contributed by atoms with Crippen LogP contribution in [0, 0.1) is 0 Å². The molecule has 0 fully saturated rings. The Morgan fingerprint density at radius 3 is 2.53 bits per heavy atom. The molecule has 1 aromatic heterocycles. The van der Waals surface area contributed by atoms with Crippen LogP contribution in [0.15, 0.2) is 12.1 Å². The summed E-state index contributed by atoms with van der Waals surface area (Å²) in [5.41, 5.74) is 0. The molecule has 82 valence electrons. The summed E-state index contributed by atoms with van der Waals surface area (Å²) in [6, 6.07) is 3.32. The molecule has 1 aromatic rings. The number of ether oxygens (including phenoxy) is 1. The van der Waals surface area contributed by atoms with Crippen molar-refractivity contribution in [3.8, 4) is 0 Å². The van der Waals surface area contributed by atoms with Gasteiger partial charge in [0.15, 0.2) is 5.78 Å². The molecule has 0 N–H and O–H groups in total. The largest absolute Gasteiger partial charge is 0.462 e. The van der Waals surface area contributed by atoms with Gasteiger partial charge in [0, 0.05) is 6.42 Å². The highest BCUT2D eigenvalue weighted by Crippen LogP contribution is 2.18. The van der Waals surface area contributed by atoms with Crippen molar-refractivity contribution in [3.63, 3.8) is 0 Å². The highest BCUT2D eigenvalue weighted by molar-refractivity contribution is 7.15. The first-order valence-corrected chi connectivity index (χ1v) is 5.80. The minimum atomic E-state index is -0.336. The quantitative estimate of drug-likeness (QED) is 0.572. The molecule has 0 saturated carbocycles. The van der Waals surface area contributed by atoms with Crippen LogP contribution < -0.4 is 0 Å². The molecule has 3 nitrogen and oxygen atoms in total. The van der Waals surface area contributed by atoms with Crippen molar-refractivity contribution in [1.29, 1.82) is 0 Å². The minimum absolute atomic E-state index is 0.0644. The number of esters is 1. The predicted octanol–water partition coefficient (Wildman–Crippen LogP) is 2.91. The topological polar surface area (TPSA) is 43.4 Å². The van der Waals surface area contributed by atoms with Crippen molar-refractivity contribution in [1.82, 2.24) is 0 Å². The van der Waals surface area contributed by atoms with Gasteiger partial charge < -0.3 is 4.74 Å². The summed E-state index contributed by atoms with van der Waals surface area (Å²) < 4.78 is 4.96. The van der Waals surface area contributed by atoms with E-state index in [-0.39, 0.29) is 11.8 Å². The lowest BCUT2D eigenvalue weighted by Crippen LogP contribution is -2.03. The molecule has 15 heavy (non-hydrogen) atoms. The molecule has 0 aliphatic rings. The van der Waals surface area contributed by atoms with E-state index in [1.165, 1.54) is 11.3 Å². The fourth-order valence-corrected chi connectivity index (χ4v) is 1.95. The number of Topliss-reactive ketones (excluding diaryl/α,β-unsaturated/α-hetero) is 1. The number of hydrogen-bond acceptors (Lipinski definition) is 4. The van der Waals surface area contributed by atoms with Gasteiger partial charge in [0.1, 0.15) is 4.88 Å². The van der Waals surface area contributed by atoms with Crippen molar-refractivity contribution >= 4 is 23.1 Å². The Bertz CT molecular complexity index is 354. The van der Waals surface area contributed by atoms with Crippen LogP contribution in [-0.4, -0.2) is 18.4 Å². The molecule has 0 bridgehead atoms. The van der Waals surface area contributed by atoms with Crippen molar-refractivity contribution in [2.24, 2.45) is 0 Å². The first kappa shape index (κ1) is 11.9. The molecule has 0 aliphatic heterocycles. The van der Waals surface area contributed by atoms with Crippen LogP contribution in [-0.2, 0) is 4.74 Å². The number of rotatable bonds is 5. The fraction of sp³-hybridized carbons (Fsp3) is 0.455. The molecule has 0 radical (unpaired) electrons. The van der Waals surface area contributed by atoms with Gasteiger partial charge in [-0.25, -0.2) is 4.79 Å². The number of carbonyl (C=O) groups is 2. The second kappa shape index (κ2) is 5.66. The zero-order chi connectivity index (χ0) is 11.3. The Balaban J connectivity index is 2.67. The second-order valence-electron chi connectivity index (χ2n) is 3.08. The lowest BCUT2D eigenvalue weighted by Gasteiger charge is -1.99. The van der Waals surface area contributed by atoms with Crippen LogP contribution in [0.2, 0.25) is 0 Å². The van der Waals surface area contributed by atoms with Gasteiger partial charge in [0.2, 0.25) is 0 Å². The van der Waals surface area contributed by atoms with Crippen LogP contribution >= 0.6 is 11.3 Å². The lowest BCUT2D eigenvalue weighted by atomic mass is 10.2. The maximum atomic E-state index is 11.4. The van der Waals surface area contributed by atoms with E-state index < -0.39 is 0 Å². The van der Waals surface area contributed by atoms with E-state index >= 15 is 0 Å². The molecular weight excluding hydrogens is 212 g/mol. The summed E-state index contributed by atoms with van der Waals surface area (Å²) >= 11 is 1.20. The summed E-state index contributed by atoms with van der Waals surface area (Å²) in [6.07, 6.45) is 1.27. The van der Waals surface area contributed by atoms with Gasteiger partial charge in [-0.15, -0.1) is 11.3 Å². The van der Waals surface area contributed by atoms with Gasteiger partial charge in [-0.1, -0.05) is 13.8 Å². The van der Waals surface area contributed by atoms with Crippen LogP contribution in [0.25, 0.3) is 0 Å². The Labute approximate surface area is 93.1 Å². The Morgan fingerprint density at radius 1 is 1.27 bits per heavy atom. The third-order valence-electron chi connectivity index (χ3n) is 1.84. The second-order valence-corrected chi connectivity index (χ2v) is 4.16. The molecule has 1 heterocycles. The average Bonchev–Trinajstić information content (AvgIpc) is 2.74. The summed E-state index contributed by atoms with van der Waals surface area (Å²) in [5.74, 6) is -0.272. The maximum Gasteiger partial charge on any atom is 0.348 e. The van der Waals surface area contributed by atoms with Gasteiger partial charge in [-0.05, 0) is 18.6 Å². The molecule has 0 spiro atoms. The van der Waals surface area contributed by atoms with Crippen LogP contribution in [0.1, 0.15) is 46.0 Å². The van der Waals surface area contributed by atoms with E-state index in [0.717, 1.165) is 6.42 Å². The first-order chi connectivity index (χ1) is 7.19. The van der Waals surface area contributed by atoms with E-state index in [2.05, 4.69) is 0 Å². The van der Waals surface area contributed by atoms with Gasteiger partial charge in [-0.2, -0.15) is 0 Å². The van der Waals surface area contributed by atoms with E-state index in [1.54, 1.807) is 19.1 Å². The Hall–Kier alpha value is -1.16. The Kier molecular flexibility index (Phi) is 4.49. The van der Waals surface area contributed by atoms with Crippen LogP contribution in [0.4, 0.5) is 0 Å². The smallest absolute Gasteiger partial charge is 0.348 e. The standard InChI is InChI=1S/C11H14O3S/c1-3-7-14-11(13)10-6-5-9(15-10)8(12)4-2/h5-6H,3-4,7H2,1-2H3. The molecule has 0 saturated heterocycles. The highest BCUT2D eigenvalue weighted by atomic mass is 32.1. The Morgan fingerprint density at radius 2 is 1.93 bits per heavy atom. The third-order valence-corrected chi connectivity index (χ3v) is 2.95. The fourth-order valence-electron chi connectivity index (χ4n) is 1.04. The molecule has 0 unspecified atom stereocenters. The van der Waals surface area contributed by atoms with Gasteiger partial charge in [0.25, 0.3) is 0 Å². The number of thiophene rings is 1. The summed E-state index contributed by atoms with van der Waals surface area (Å²) in [5, 5.41) is 0. The lowest BCUT2D eigenvalue weighted by molar-refractivity contribution is 0.0511. The van der Waals surface area contributed by atoms with Crippen molar-refractivity contribution in [2.75, 3.05) is 6.61 Å². The summed E-state index contributed by atoms with van der Waals surface area (Å²) in [7, 11) is 0. The molecule has 1 rings (SSSR count). The SMILES string of the molecule is CCCOC(=O)c1ccc(C(=O)CC)s1. The van der Waals surface area contributed by atoms with E-state index in [1.807, 2.05) is 6.92 Å². The molecule has 0 aliphatic carbocycles. The van der Waals surface area contributed by atoms with Gasteiger partial charge >= 0.3 is 5.97 Å². The zero-order valence-electron chi connectivity index (χ0n) is 8.91.